The third-order valence-electron chi connectivity index (χ3n) is 4.14. The lowest BCUT2D eigenvalue weighted by atomic mass is 10.2. The van der Waals surface area contributed by atoms with E-state index in [1.165, 1.54) is 12.1 Å². The molecule has 0 radical (unpaired) electrons. The molecule has 29 heavy (non-hydrogen) atoms. The van der Waals surface area contributed by atoms with Crippen molar-refractivity contribution >= 4 is 40.5 Å². The lowest BCUT2D eigenvalue weighted by Gasteiger charge is -2.11. The zero-order valence-corrected chi connectivity index (χ0v) is 17.1. The highest BCUT2D eigenvalue weighted by molar-refractivity contribution is 6.31. The Balaban J connectivity index is 1.53. The van der Waals surface area contributed by atoms with Gasteiger partial charge in [0.15, 0.2) is 6.61 Å². The molecule has 7 heteroatoms. The topological polar surface area (TPSA) is 50.4 Å². The monoisotopic (exact) mass is 432 g/mol. The number of anilines is 2. The van der Waals surface area contributed by atoms with E-state index in [1.807, 2.05) is 31.2 Å². The molecule has 0 bridgehead atoms. The largest absolute Gasteiger partial charge is 0.484 e. The second-order valence-corrected chi connectivity index (χ2v) is 7.25. The fourth-order valence-corrected chi connectivity index (χ4v) is 2.93. The zero-order valence-electron chi connectivity index (χ0n) is 15.6. The Morgan fingerprint density at radius 1 is 1.00 bits per heavy atom. The van der Waals surface area contributed by atoms with Gasteiger partial charge in [0.05, 0.1) is 5.02 Å². The smallest absolute Gasteiger partial charge is 0.262 e. The zero-order chi connectivity index (χ0) is 20.8. The maximum absolute atomic E-state index is 13.2. The maximum atomic E-state index is 13.2. The fourth-order valence-electron chi connectivity index (χ4n) is 2.57. The highest BCUT2D eigenvalue weighted by Gasteiger charge is 2.06. The van der Waals surface area contributed by atoms with Gasteiger partial charge >= 0.3 is 0 Å². The minimum absolute atomic E-state index is 0.0629. The Morgan fingerprint density at radius 2 is 1.76 bits per heavy atom. The molecule has 0 fully saturated rings. The number of carbonyl (C=O) groups excluding carboxylic acids is 1. The predicted octanol–water partition coefficient (Wildman–Crippen LogP) is 6.07. The lowest BCUT2D eigenvalue weighted by molar-refractivity contribution is -0.118. The minimum Gasteiger partial charge on any atom is -0.484 e. The number of nitrogens with one attached hydrogen (secondary N) is 2. The van der Waals surface area contributed by atoms with Gasteiger partial charge in [0.2, 0.25) is 0 Å². The summed E-state index contributed by atoms with van der Waals surface area (Å²) in [6.07, 6.45) is 0. The summed E-state index contributed by atoms with van der Waals surface area (Å²) in [7, 11) is 0. The molecule has 0 aliphatic carbocycles. The first-order valence-corrected chi connectivity index (χ1v) is 9.63. The summed E-state index contributed by atoms with van der Waals surface area (Å²) < 4.78 is 18.8. The molecule has 0 atom stereocenters. The Bertz CT molecular complexity index is 1030. The van der Waals surface area contributed by atoms with Crippen LogP contribution in [0, 0.1) is 12.7 Å². The van der Waals surface area contributed by atoms with Crippen LogP contribution in [0.1, 0.15) is 11.1 Å². The van der Waals surface area contributed by atoms with E-state index >= 15 is 0 Å². The Morgan fingerprint density at radius 3 is 2.52 bits per heavy atom. The third-order valence-corrected chi connectivity index (χ3v) is 4.84. The molecule has 0 heterocycles. The highest BCUT2D eigenvalue weighted by atomic mass is 35.5. The molecule has 0 unspecified atom stereocenters. The van der Waals surface area contributed by atoms with Gasteiger partial charge in [-0.3, -0.25) is 4.79 Å². The number of amides is 1. The van der Waals surface area contributed by atoms with Crippen molar-refractivity contribution in [1.29, 1.82) is 0 Å². The molecule has 0 saturated carbocycles. The highest BCUT2D eigenvalue weighted by Crippen LogP contribution is 2.21. The van der Waals surface area contributed by atoms with Crippen molar-refractivity contribution in [2.75, 3.05) is 17.2 Å². The Labute approximate surface area is 178 Å². The van der Waals surface area contributed by atoms with Crippen LogP contribution >= 0.6 is 23.2 Å². The van der Waals surface area contributed by atoms with E-state index in [0.717, 1.165) is 11.1 Å². The molecule has 3 aromatic carbocycles. The number of rotatable bonds is 7. The first-order valence-electron chi connectivity index (χ1n) is 8.87. The number of benzene rings is 3. The van der Waals surface area contributed by atoms with E-state index in [0.29, 0.717) is 28.7 Å². The predicted molar refractivity (Wildman–Crippen MR) is 115 cm³/mol. The Kier molecular flexibility index (Phi) is 6.96. The summed E-state index contributed by atoms with van der Waals surface area (Å²) in [6, 6.07) is 17.1. The first-order chi connectivity index (χ1) is 13.9. The molecular formula is C22H19Cl2FN2O2. The van der Waals surface area contributed by atoms with Crippen LogP contribution in [0.3, 0.4) is 0 Å². The average Bonchev–Trinajstić information content (AvgIpc) is 2.70. The quantitative estimate of drug-likeness (QED) is 0.476. The van der Waals surface area contributed by atoms with Gasteiger partial charge in [-0.2, -0.15) is 0 Å². The van der Waals surface area contributed by atoms with Crippen molar-refractivity contribution in [2.24, 2.45) is 0 Å². The van der Waals surface area contributed by atoms with Gasteiger partial charge in [-0.15, -0.1) is 0 Å². The number of hydrogen-bond acceptors (Lipinski definition) is 3. The fraction of sp³-hybridized carbons (Fsp3) is 0.136. The molecule has 0 aliphatic heterocycles. The maximum Gasteiger partial charge on any atom is 0.262 e. The van der Waals surface area contributed by atoms with Crippen molar-refractivity contribution in [3.63, 3.8) is 0 Å². The molecule has 4 nitrogen and oxygen atoms in total. The van der Waals surface area contributed by atoms with Crippen LogP contribution in [0.15, 0.2) is 60.7 Å². The lowest BCUT2D eigenvalue weighted by Crippen LogP contribution is -2.20. The normalized spacial score (nSPS) is 10.5. The summed E-state index contributed by atoms with van der Waals surface area (Å²) >= 11 is 11.8. The van der Waals surface area contributed by atoms with Gasteiger partial charge < -0.3 is 15.4 Å². The van der Waals surface area contributed by atoms with Crippen LogP contribution in [0.5, 0.6) is 5.75 Å². The number of halogens is 3. The van der Waals surface area contributed by atoms with Crippen LogP contribution in [-0.4, -0.2) is 12.5 Å². The number of aryl methyl sites for hydroxylation is 1. The van der Waals surface area contributed by atoms with E-state index in [4.69, 9.17) is 27.9 Å². The van der Waals surface area contributed by atoms with E-state index < -0.39 is 5.82 Å². The van der Waals surface area contributed by atoms with Gasteiger partial charge in [0.1, 0.15) is 11.6 Å². The van der Waals surface area contributed by atoms with E-state index in [1.54, 1.807) is 24.3 Å². The number of carbonyl (C=O) groups is 1. The average molecular weight is 433 g/mol. The molecule has 0 spiro atoms. The molecule has 3 aromatic rings. The molecule has 150 valence electrons. The summed E-state index contributed by atoms with van der Waals surface area (Å²) in [5.74, 6) is -0.174. The second kappa shape index (κ2) is 9.63. The van der Waals surface area contributed by atoms with Crippen LogP contribution in [0.25, 0.3) is 0 Å². The summed E-state index contributed by atoms with van der Waals surface area (Å²) in [6.45, 7) is 2.26. The van der Waals surface area contributed by atoms with Crippen LogP contribution in [-0.2, 0) is 11.3 Å². The molecule has 2 N–H and O–H groups in total. The summed E-state index contributed by atoms with van der Waals surface area (Å²) in [5, 5.41) is 6.56. The van der Waals surface area contributed by atoms with Crippen molar-refractivity contribution in [3.05, 3.63) is 87.7 Å². The van der Waals surface area contributed by atoms with Gasteiger partial charge in [-0.25, -0.2) is 4.39 Å². The van der Waals surface area contributed by atoms with Crippen molar-refractivity contribution in [1.82, 2.24) is 0 Å². The molecule has 3 rings (SSSR count). The third kappa shape index (κ3) is 6.11. The van der Waals surface area contributed by atoms with Gasteiger partial charge in [-0.1, -0.05) is 41.4 Å². The minimum atomic E-state index is -0.459. The number of hydrogen-bond donors (Lipinski definition) is 2. The van der Waals surface area contributed by atoms with Gasteiger partial charge in [0, 0.05) is 22.9 Å². The van der Waals surface area contributed by atoms with Gasteiger partial charge in [0.25, 0.3) is 5.91 Å². The van der Waals surface area contributed by atoms with Crippen molar-refractivity contribution in [2.45, 2.75) is 13.5 Å². The molecule has 0 aliphatic rings. The second-order valence-electron chi connectivity index (χ2n) is 6.43. The summed E-state index contributed by atoms with van der Waals surface area (Å²) in [4.78, 5) is 12.1. The van der Waals surface area contributed by atoms with Crippen LogP contribution < -0.4 is 15.4 Å². The van der Waals surface area contributed by atoms with Crippen molar-refractivity contribution in [3.8, 4) is 5.75 Å². The number of ether oxygens (including phenoxy) is 1. The SMILES string of the molecule is Cc1ccc(NC(=O)COc2cccc(CNc3ccc(F)c(Cl)c3)c2)cc1Cl. The Hall–Kier alpha value is -2.76. The van der Waals surface area contributed by atoms with E-state index in [2.05, 4.69) is 10.6 Å². The van der Waals surface area contributed by atoms with E-state index in [-0.39, 0.29) is 17.5 Å². The molecule has 1 amide bonds. The van der Waals surface area contributed by atoms with Gasteiger partial charge in [-0.05, 0) is 60.5 Å². The summed E-state index contributed by atoms with van der Waals surface area (Å²) in [5.41, 5.74) is 3.20. The van der Waals surface area contributed by atoms with Crippen molar-refractivity contribution < 1.29 is 13.9 Å². The van der Waals surface area contributed by atoms with Crippen LogP contribution in [0.4, 0.5) is 15.8 Å². The van der Waals surface area contributed by atoms with Crippen LogP contribution in [0.2, 0.25) is 10.0 Å². The van der Waals surface area contributed by atoms with E-state index in [9.17, 15) is 9.18 Å². The molecule has 0 aromatic heterocycles. The first kappa shape index (κ1) is 21.0. The molecular weight excluding hydrogens is 414 g/mol. The standard InChI is InChI=1S/C22H19Cl2FN2O2/c1-14-5-6-17(11-19(14)23)27-22(28)13-29-18-4-2-3-15(9-18)12-26-16-7-8-21(25)20(24)10-16/h2-11,26H,12-13H2,1H3,(H,27,28). The molecule has 0 saturated heterocycles.